The smallest absolute Gasteiger partial charge is 0.255 e. The van der Waals surface area contributed by atoms with E-state index < -0.39 is 0 Å². The molecule has 0 atom stereocenters. The van der Waals surface area contributed by atoms with E-state index in [1.54, 1.807) is 30.2 Å². The summed E-state index contributed by atoms with van der Waals surface area (Å²) >= 11 is 0. The molecule has 1 aromatic carbocycles. The number of nitrogens with zero attached hydrogens (tertiary/aromatic N) is 6. The molecule has 1 amide bonds. The summed E-state index contributed by atoms with van der Waals surface area (Å²) in [5.74, 6) is 0.675. The lowest BCUT2D eigenvalue weighted by molar-refractivity contribution is 0.0769. The number of benzene rings is 1. The van der Waals surface area contributed by atoms with Crippen LogP contribution in [0.5, 0.6) is 0 Å². The predicted octanol–water partition coefficient (Wildman–Crippen LogP) is 2.29. The lowest BCUT2D eigenvalue weighted by atomic mass is 10.2. The Labute approximate surface area is 149 Å². The number of pyridine rings is 1. The average molecular weight is 348 g/mol. The van der Waals surface area contributed by atoms with Gasteiger partial charge in [-0.05, 0) is 6.07 Å². The first-order valence-electron chi connectivity index (χ1n) is 8.02. The lowest BCUT2D eigenvalue weighted by Gasteiger charge is -2.14. The lowest BCUT2D eigenvalue weighted by Crippen LogP contribution is -2.26. The Hall–Kier alpha value is -3.55. The van der Waals surface area contributed by atoms with E-state index in [0.29, 0.717) is 22.8 Å². The van der Waals surface area contributed by atoms with E-state index in [9.17, 15) is 4.79 Å². The number of fused-ring (bicyclic) bond motifs is 1. The Morgan fingerprint density at radius 2 is 2.04 bits per heavy atom. The predicted molar refractivity (Wildman–Crippen MR) is 94.0 cm³/mol. The second kappa shape index (κ2) is 6.40. The highest BCUT2D eigenvalue weighted by molar-refractivity contribution is 5.96. The number of aryl methyl sites for hydroxylation is 1. The van der Waals surface area contributed by atoms with E-state index in [2.05, 4.69) is 20.1 Å². The zero-order chi connectivity index (χ0) is 18.1. The summed E-state index contributed by atoms with van der Waals surface area (Å²) in [5.41, 5.74) is 2.73. The zero-order valence-electron chi connectivity index (χ0n) is 14.3. The third kappa shape index (κ3) is 2.92. The molecule has 3 heterocycles. The van der Waals surface area contributed by atoms with Gasteiger partial charge in [0.25, 0.3) is 5.91 Å². The van der Waals surface area contributed by atoms with Crippen molar-refractivity contribution in [2.24, 2.45) is 7.05 Å². The molecular formula is C18H16N6O2. The minimum Gasteiger partial charge on any atom is -0.337 e. The molecule has 8 nitrogen and oxygen atoms in total. The third-order valence-electron chi connectivity index (χ3n) is 4.02. The van der Waals surface area contributed by atoms with E-state index in [1.807, 2.05) is 37.4 Å². The molecule has 26 heavy (non-hydrogen) atoms. The molecular weight excluding hydrogens is 332 g/mol. The largest absolute Gasteiger partial charge is 0.337 e. The van der Waals surface area contributed by atoms with Gasteiger partial charge in [0.05, 0.1) is 18.4 Å². The highest BCUT2D eigenvalue weighted by atomic mass is 16.5. The van der Waals surface area contributed by atoms with Crippen molar-refractivity contribution in [1.82, 2.24) is 29.6 Å². The van der Waals surface area contributed by atoms with Gasteiger partial charge in [-0.15, -0.1) is 0 Å². The molecule has 0 unspecified atom stereocenters. The minimum atomic E-state index is -0.190. The molecule has 0 radical (unpaired) electrons. The molecule has 3 aromatic heterocycles. The van der Waals surface area contributed by atoms with Crippen molar-refractivity contribution in [2.75, 3.05) is 7.05 Å². The standard InChI is InChI=1S/C18H16N6O2/c1-23(10-15-21-16(22-26-15)12-6-4-3-5-7-12)18(25)13-8-14-17(19-9-13)24(2)11-20-14/h3-9,11H,10H2,1-2H3. The monoisotopic (exact) mass is 348 g/mol. The van der Waals surface area contributed by atoms with Crippen molar-refractivity contribution >= 4 is 17.1 Å². The maximum Gasteiger partial charge on any atom is 0.255 e. The van der Waals surface area contributed by atoms with Crippen molar-refractivity contribution in [3.63, 3.8) is 0 Å². The Balaban J connectivity index is 1.51. The second-order valence-corrected chi connectivity index (χ2v) is 5.96. The van der Waals surface area contributed by atoms with Crippen LogP contribution in [0.2, 0.25) is 0 Å². The maximum absolute atomic E-state index is 12.6. The molecule has 0 saturated heterocycles. The summed E-state index contributed by atoms with van der Waals surface area (Å²) in [6, 6.07) is 11.3. The van der Waals surface area contributed by atoms with E-state index in [0.717, 1.165) is 11.2 Å². The van der Waals surface area contributed by atoms with E-state index in [1.165, 1.54) is 4.90 Å². The number of aromatic nitrogens is 5. The van der Waals surface area contributed by atoms with Crippen molar-refractivity contribution in [3.8, 4) is 11.4 Å². The fourth-order valence-corrected chi connectivity index (χ4v) is 2.65. The van der Waals surface area contributed by atoms with E-state index >= 15 is 0 Å². The molecule has 0 fully saturated rings. The number of carbonyl (C=O) groups is 1. The van der Waals surface area contributed by atoms with Crippen LogP contribution >= 0.6 is 0 Å². The first-order chi connectivity index (χ1) is 12.6. The van der Waals surface area contributed by atoms with Crippen LogP contribution in [0, 0.1) is 0 Å². The van der Waals surface area contributed by atoms with Gasteiger partial charge in [-0.1, -0.05) is 35.5 Å². The quantitative estimate of drug-likeness (QED) is 0.562. The molecule has 0 bridgehead atoms. The first kappa shape index (κ1) is 15.9. The average Bonchev–Trinajstić information content (AvgIpc) is 3.28. The van der Waals surface area contributed by atoms with Gasteiger partial charge in [0, 0.05) is 25.9 Å². The highest BCUT2D eigenvalue weighted by Gasteiger charge is 2.17. The van der Waals surface area contributed by atoms with Gasteiger partial charge < -0.3 is 14.0 Å². The number of rotatable bonds is 4. The maximum atomic E-state index is 12.6. The van der Waals surface area contributed by atoms with Crippen LogP contribution in [0.3, 0.4) is 0 Å². The van der Waals surface area contributed by atoms with Crippen molar-refractivity contribution in [2.45, 2.75) is 6.54 Å². The topological polar surface area (TPSA) is 89.9 Å². The summed E-state index contributed by atoms with van der Waals surface area (Å²) in [4.78, 5) is 27.0. The molecule has 0 spiro atoms. The number of imidazole rings is 1. The first-order valence-corrected chi connectivity index (χ1v) is 8.02. The molecule has 0 aliphatic rings. The molecule has 0 aliphatic heterocycles. The van der Waals surface area contributed by atoms with Crippen molar-refractivity contribution < 1.29 is 9.32 Å². The third-order valence-corrected chi connectivity index (χ3v) is 4.02. The van der Waals surface area contributed by atoms with Crippen LogP contribution in [0.4, 0.5) is 0 Å². The van der Waals surface area contributed by atoms with E-state index in [4.69, 9.17) is 4.52 Å². The Bertz CT molecular complexity index is 1070. The number of carbonyl (C=O) groups excluding carboxylic acids is 1. The Morgan fingerprint density at radius 3 is 2.85 bits per heavy atom. The second-order valence-electron chi connectivity index (χ2n) is 5.96. The van der Waals surface area contributed by atoms with Gasteiger partial charge in [-0.3, -0.25) is 4.79 Å². The fourth-order valence-electron chi connectivity index (χ4n) is 2.65. The van der Waals surface area contributed by atoms with Gasteiger partial charge >= 0.3 is 0 Å². The Morgan fingerprint density at radius 1 is 1.23 bits per heavy atom. The SMILES string of the molecule is CN(Cc1nc(-c2ccccc2)no1)C(=O)c1cnc2c(c1)ncn2C. The summed E-state index contributed by atoms with van der Waals surface area (Å²) in [6.07, 6.45) is 3.21. The summed E-state index contributed by atoms with van der Waals surface area (Å²) in [6.45, 7) is 0.207. The van der Waals surface area contributed by atoms with Crippen LogP contribution < -0.4 is 0 Å². The Kier molecular flexibility index (Phi) is 3.92. The van der Waals surface area contributed by atoms with Gasteiger partial charge in [-0.25, -0.2) is 9.97 Å². The van der Waals surface area contributed by atoms with Crippen LogP contribution in [-0.4, -0.2) is 42.5 Å². The van der Waals surface area contributed by atoms with Crippen molar-refractivity contribution in [3.05, 3.63) is 60.4 Å². The number of hydrogen-bond acceptors (Lipinski definition) is 6. The highest BCUT2D eigenvalue weighted by Crippen LogP contribution is 2.16. The number of amides is 1. The summed E-state index contributed by atoms with van der Waals surface area (Å²) in [7, 11) is 3.53. The van der Waals surface area contributed by atoms with Gasteiger partial charge in [0.2, 0.25) is 11.7 Å². The van der Waals surface area contributed by atoms with Crippen LogP contribution in [0.15, 0.2) is 53.4 Å². The molecule has 8 heteroatoms. The number of hydrogen-bond donors (Lipinski definition) is 0. The summed E-state index contributed by atoms with van der Waals surface area (Å²) in [5, 5.41) is 3.97. The van der Waals surface area contributed by atoms with Gasteiger partial charge in [0.15, 0.2) is 5.65 Å². The van der Waals surface area contributed by atoms with Crippen molar-refractivity contribution in [1.29, 1.82) is 0 Å². The molecule has 4 aromatic rings. The minimum absolute atomic E-state index is 0.190. The van der Waals surface area contributed by atoms with Crippen LogP contribution in [0.25, 0.3) is 22.6 Å². The molecule has 0 N–H and O–H groups in total. The summed E-state index contributed by atoms with van der Waals surface area (Å²) < 4.78 is 7.07. The van der Waals surface area contributed by atoms with Crippen LogP contribution in [0.1, 0.15) is 16.2 Å². The normalized spacial score (nSPS) is 11.0. The van der Waals surface area contributed by atoms with Crippen LogP contribution in [-0.2, 0) is 13.6 Å². The van der Waals surface area contributed by atoms with Gasteiger partial charge in [-0.2, -0.15) is 4.98 Å². The molecule has 130 valence electrons. The molecule has 0 aliphatic carbocycles. The van der Waals surface area contributed by atoms with E-state index in [-0.39, 0.29) is 12.5 Å². The zero-order valence-corrected chi connectivity index (χ0v) is 14.3. The van der Waals surface area contributed by atoms with Gasteiger partial charge in [0.1, 0.15) is 5.52 Å². The molecule has 4 rings (SSSR count). The fraction of sp³-hybridized carbons (Fsp3) is 0.167. The molecule has 0 saturated carbocycles.